The van der Waals surface area contributed by atoms with Gasteiger partial charge in [-0.3, -0.25) is 0 Å². The van der Waals surface area contributed by atoms with Gasteiger partial charge in [-0.05, 0) is 69.1 Å². The molecule has 1 N–H and O–H groups in total. The van der Waals surface area contributed by atoms with Crippen molar-refractivity contribution in [2.45, 2.75) is 71.5 Å². The summed E-state index contributed by atoms with van der Waals surface area (Å²) in [7, 11) is 0. The molecule has 1 aliphatic carbocycles. The maximum atomic E-state index is 11.1. The van der Waals surface area contributed by atoms with Crippen molar-refractivity contribution in [3.8, 4) is 5.75 Å². The van der Waals surface area contributed by atoms with Crippen LogP contribution in [0.1, 0.15) is 65.4 Å². The molecular weight excluding hydrogens is 260 g/mol. The molecule has 1 aromatic rings. The van der Waals surface area contributed by atoms with E-state index in [9.17, 15) is 5.11 Å². The topological polar surface area (TPSA) is 29.5 Å². The maximum Gasteiger partial charge on any atom is 0.120 e. The van der Waals surface area contributed by atoms with Crippen molar-refractivity contribution >= 4 is 0 Å². The van der Waals surface area contributed by atoms with E-state index in [0.29, 0.717) is 11.8 Å². The van der Waals surface area contributed by atoms with Crippen LogP contribution in [0.3, 0.4) is 0 Å². The zero-order chi connectivity index (χ0) is 15.5. The Hall–Kier alpha value is -1.02. The molecule has 1 aliphatic rings. The van der Waals surface area contributed by atoms with E-state index in [1.807, 2.05) is 38.1 Å². The molecule has 0 saturated heterocycles. The monoisotopic (exact) mass is 290 g/mol. The predicted molar refractivity (Wildman–Crippen MR) is 87.5 cm³/mol. The summed E-state index contributed by atoms with van der Waals surface area (Å²) < 4.78 is 5.77. The lowest BCUT2D eigenvalue weighted by atomic mass is 9.72. The van der Waals surface area contributed by atoms with Crippen LogP contribution in [0.5, 0.6) is 5.75 Å². The quantitative estimate of drug-likeness (QED) is 0.836. The minimum absolute atomic E-state index is 0.162. The molecule has 0 aliphatic heterocycles. The highest BCUT2D eigenvalue weighted by molar-refractivity contribution is 5.33. The molecule has 0 radical (unpaired) electrons. The molecule has 0 bridgehead atoms. The van der Waals surface area contributed by atoms with Crippen molar-refractivity contribution in [1.82, 2.24) is 0 Å². The number of rotatable bonds is 5. The lowest BCUT2D eigenvalue weighted by Crippen LogP contribution is -2.33. The van der Waals surface area contributed by atoms with E-state index in [1.54, 1.807) is 0 Å². The maximum absolute atomic E-state index is 11.1. The molecule has 118 valence electrons. The third-order valence-corrected chi connectivity index (χ3v) is 4.38. The van der Waals surface area contributed by atoms with Gasteiger partial charge in [0.1, 0.15) is 5.75 Å². The van der Waals surface area contributed by atoms with Crippen molar-refractivity contribution in [3.63, 3.8) is 0 Å². The molecule has 2 heteroatoms. The molecule has 2 unspecified atom stereocenters. The molecule has 2 rings (SSSR count). The summed E-state index contributed by atoms with van der Waals surface area (Å²) in [6.07, 6.45) is 5.49. The Morgan fingerprint density at radius 2 is 2.05 bits per heavy atom. The number of benzene rings is 1. The zero-order valence-electron chi connectivity index (χ0n) is 13.9. The van der Waals surface area contributed by atoms with Gasteiger partial charge in [-0.25, -0.2) is 0 Å². The molecule has 0 aromatic heterocycles. The summed E-state index contributed by atoms with van der Waals surface area (Å²) in [6, 6.07) is 8.04. The first kappa shape index (κ1) is 16.4. The van der Waals surface area contributed by atoms with Crippen LogP contribution in [0.25, 0.3) is 0 Å². The Morgan fingerprint density at radius 3 is 2.71 bits per heavy atom. The molecule has 21 heavy (non-hydrogen) atoms. The number of hydrogen-bond donors (Lipinski definition) is 1. The first-order valence-corrected chi connectivity index (χ1v) is 8.38. The molecule has 1 fully saturated rings. The average Bonchev–Trinajstić information content (AvgIpc) is 2.37. The van der Waals surface area contributed by atoms with Gasteiger partial charge in [0.15, 0.2) is 0 Å². The van der Waals surface area contributed by atoms with Gasteiger partial charge in [0.05, 0.1) is 11.7 Å². The summed E-state index contributed by atoms with van der Waals surface area (Å²) in [5, 5.41) is 11.1. The Labute approximate surface area is 129 Å². The second-order valence-corrected chi connectivity index (χ2v) is 7.32. The normalized spacial score (nSPS) is 26.3. The van der Waals surface area contributed by atoms with E-state index in [-0.39, 0.29) is 6.10 Å². The van der Waals surface area contributed by atoms with Crippen molar-refractivity contribution in [2.24, 2.45) is 11.8 Å². The van der Waals surface area contributed by atoms with Crippen LogP contribution in [0.2, 0.25) is 0 Å². The molecule has 1 aromatic carbocycles. The molecule has 0 heterocycles. The number of hydrogen-bond acceptors (Lipinski definition) is 2. The van der Waals surface area contributed by atoms with Crippen LogP contribution < -0.4 is 4.74 Å². The second-order valence-electron chi connectivity index (χ2n) is 7.32. The average molecular weight is 290 g/mol. The van der Waals surface area contributed by atoms with E-state index < -0.39 is 5.60 Å². The number of ether oxygens (including phenoxy) is 1. The fourth-order valence-electron chi connectivity index (χ4n) is 3.63. The highest BCUT2D eigenvalue weighted by Crippen LogP contribution is 2.42. The van der Waals surface area contributed by atoms with Crippen LogP contribution in [-0.2, 0) is 5.60 Å². The van der Waals surface area contributed by atoms with Crippen molar-refractivity contribution < 1.29 is 9.84 Å². The first-order valence-electron chi connectivity index (χ1n) is 8.38. The van der Waals surface area contributed by atoms with Gasteiger partial charge in [0.25, 0.3) is 0 Å². The third-order valence-electron chi connectivity index (χ3n) is 4.38. The molecule has 1 saturated carbocycles. The van der Waals surface area contributed by atoms with Crippen LogP contribution in [0.4, 0.5) is 0 Å². The van der Waals surface area contributed by atoms with E-state index in [0.717, 1.165) is 30.6 Å². The fraction of sp³-hybridized carbons (Fsp3) is 0.684. The lowest BCUT2D eigenvalue weighted by Gasteiger charge is -2.38. The first-order chi connectivity index (χ1) is 9.89. The van der Waals surface area contributed by atoms with Gasteiger partial charge in [0.2, 0.25) is 0 Å². The smallest absolute Gasteiger partial charge is 0.120 e. The van der Waals surface area contributed by atoms with E-state index in [4.69, 9.17) is 4.74 Å². The van der Waals surface area contributed by atoms with Gasteiger partial charge in [-0.1, -0.05) is 32.4 Å². The summed E-state index contributed by atoms with van der Waals surface area (Å²) >= 11 is 0. The summed E-state index contributed by atoms with van der Waals surface area (Å²) in [5.41, 5.74) is 0.350. The van der Waals surface area contributed by atoms with Crippen LogP contribution in [0.15, 0.2) is 24.3 Å². The van der Waals surface area contributed by atoms with Gasteiger partial charge < -0.3 is 9.84 Å². The SMILES string of the molecule is CC(C)CC1CCCC(O)(c2cccc(OC(C)C)c2)C1. The molecule has 0 amide bonds. The third kappa shape index (κ3) is 4.47. The van der Waals surface area contributed by atoms with Crippen LogP contribution >= 0.6 is 0 Å². The molecule has 0 spiro atoms. The Kier molecular flexibility index (Phi) is 5.32. The van der Waals surface area contributed by atoms with Gasteiger partial charge >= 0.3 is 0 Å². The van der Waals surface area contributed by atoms with Gasteiger partial charge in [0, 0.05) is 0 Å². The standard InChI is InChI=1S/C19H30O2/c1-14(2)11-16-7-6-10-19(20,13-16)17-8-5-9-18(12-17)21-15(3)4/h5,8-9,12,14-16,20H,6-7,10-11,13H2,1-4H3. The summed E-state index contributed by atoms with van der Waals surface area (Å²) in [6.45, 7) is 8.59. The Balaban J connectivity index is 2.14. The minimum atomic E-state index is -0.672. The highest BCUT2D eigenvalue weighted by atomic mass is 16.5. The highest BCUT2D eigenvalue weighted by Gasteiger charge is 2.36. The van der Waals surface area contributed by atoms with Crippen molar-refractivity contribution in [1.29, 1.82) is 0 Å². The van der Waals surface area contributed by atoms with Gasteiger partial charge in [-0.2, -0.15) is 0 Å². The van der Waals surface area contributed by atoms with Crippen LogP contribution in [0, 0.1) is 11.8 Å². The second kappa shape index (κ2) is 6.83. The van der Waals surface area contributed by atoms with Gasteiger partial charge in [-0.15, -0.1) is 0 Å². The van der Waals surface area contributed by atoms with E-state index >= 15 is 0 Å². The van der Waals surface area contributed by atoms with E-state index in [1.165, 1.54) is 12.8 Å². The Bertz CT molecular complexity index is 453. The molecule has 2 atom stereocenters. The van der Waals surface area contributed by atoms with Crippen molar-refractivity contribution in [2.75, 3.05) is 0 Å². The molecule has 2 nitrogen and oxygen atoms in total. The van der Waals surface area contributed by atoms with E-state index in [2.05, 4.69) is 13.8 Å². The predicted octanol–water partition coefficient (Wildman–Crippen LogP) is 4.90. The molecular formula is C19H30O2. The van der Waals surface area contributed by atoms with Crippen LogP contribution in [-0.4, -0.2) is 11.2 Å². The Morgan fingerprint density at radius 1 is 1.29 bits per heavy atom. The fourth-order valence-corrected chi connectivity index (χ4v) is 3.63. The summed E-state index contributed by atoms with van der Waals surface area (Å²) in [5.74, 6) is 2.20. The summed E-state index contributed by atoms with van der Waals surface area (Å²) in [4.78, 5) is 0. The number of aliphatic hydroxyl groups is 1. The largest absolute Gasteiger partial charge is 0.491 e. The zero-order valence-corrected chi connectivity index (χ0v) is 13.9. The van der Waals surface area contributed by atoms with Crippen molar-refractivity contribution in [3.05, 3.63) is 29.8 Å². The minimum Gasteiger partial charge on any atom is -0.491 e. The lowest BCUT2D eigenvalue weighted by molar-refractivity contribution is -0.0246.